The summed E-state index contributed by atoms with van der Waals surface area (Å²) in [5.41, 5.74) is 15.9. The molecule has 0 N–H and O–H groups in total. The summed E-state index contributed by atoms with van der Waals surface area (Å²) < 4.78 is 2.51. The fourth-order valence-corrected chi connectivity index (χ4v) is 8.63. The number of hydrogen-bond donors (Lipinski definition) is 0. The fourth-order valence-electron chi connectivity index (χ4n) is 8.63. The first kappa shape index (κ1) is 22.9. The second-order valence-corrected chi connectivity index (χ2v) is 12.5. The first-order valence-corrected chi connectivity index (χ1v) is 15.5. The van der Waals surface area contributed by atoms with Gasteiger partial charge in [0.1, 0.15) is 0 Å². The molecule has 6 aromatic carbocycles. The zero-order valence-corrected chi connectivity index (χ0v) is 23.9. The Morgan fingerprint density at radius 1 is 0.500 bits per heavy atom. The summed E-state index contributed by atoms with van der Waals surface area (Å²) in [6.07, 6.45) is 7.03. The van der Waals surface area contributed by atoms with Gasteiger partial charge in [-0.25, -0.2) is 0 Å². The molecule has 0 spiro atoms. The van der Waals surface area contributed by atoms with Gasteiger partial charge in [0, 0.05) is 50.0 Å². The third-order valence-electron chi connectivity index (χ3n) is 10.4. The van der Waals surface area contributed by atoms with Crippen molar-refractivity contribution in [1.82, 2.24) is 4.40 Å². The van der Waals surface area contributed by atoms with Crippen molar-refractivity contribution in [2.75, 3.05) is 4.90 Å². The number of benzene rings is 6. The Morgan fingerprint density at radius 3 is 2.14 bits per heavy atom. The van der Waals surface area contributed by atoms with Crippen molar-refractivity contribution in [2.24, 2.45) is 0 Å². The van der Waals surface area contributed by atoms with Crippen LogP contribution in [0.25, 0.3) is 65.9 Å². The van der Waals surface area contributed by atoms with E-state index in [2.05, 4.69) is 155 Å². The van der Waals surface area contributed by atoms with Crippen molar-refractivity contribution in [3.8, 4) is 22.3 Å². The third kappa shape index (κ3) is 2.72. The van der Waals surface area contributed by atoms with Crippen molar-refractivity contribution < 1.29 is 0 Å². The maximum absolute atomic E-state index is 2.59. The smallest absolute Gasteiger partial charge is 0.0702 e. The van der Waals surface area contributed by atoms with E-state index in [0.717, 1.165) is 0 Å². The quantitative estimate of drug-likeness (QED) is 0.205. The van der Waals surface area contributed by atoms with Crippen LogP contribution in [-0.4, -0.2) is 10.4 Å². The molecule has 2 atom stereocenters. The van der Waals surface area contributed by atoms with Crippen LogP contribution < -0.4 is 4.90 Å². The molecule has 0 saturated heterocycles. The molecular formula is C42H26N2. The Morgan fingerprint density at radius 2 is 1.23 bits per heavy atom. The molecule has 2 unspecified atom stereocenters. The van der Waals surface area contributed by atoms with Gasteiger partial charge in [-0.2, -0.15) is 0 Å². The topological polar surface area (TPSA) is 7.65 Å². The second-order valence-electron chi connectivity index (χ2n) is 12.5. The van der Waals surface area contributed by atoms with Crippen LogP contribution in [0.2, 0.25) is 0 Å². The summed E-state index contributed by atoms with van der Waals surface area (Å²) in [5, 5.41) is 5.29. The molecule has 0 bridgehead atoms. The summed E-state index contributed by atoms with van der Waals surface area (Å²) in [4.78, 5) is 2.59. The number of aromatic nitrogens is 1. The van der Waals surface area contributed by atoms with Gasteiger partial charge in [-0.15, -0.1) is 0 Å². The van der Waals surface area contributed by atoms with Gasteiger partial charge >= 0.3 is 0 Å². The number of hydrogen-bond acceptors (Lipinski definition) is 1. The van der Waals surface area contributed by atoms with Gasteiger partial charge in [0.2, 0.25) is 0 Å². The van der Waals surface area contributed by atoms with Crippen LogP contribution in [0, 0.1) is 0 Å². The SMILES string of the molecule is C1=CC2c3cc(-c4ccccc4)ccc3N3c4ccc(-c5cccc6c7cccc8c9ccccc9n(c56)c87)cc4C(=C1)C23. The third-order valence-corrected chi connectivity index (χ3v) is 10.4. The summed E-state index contributed by atoms with van der Waals surface area (Å²) in [6, 6.07) is 47.7. The molecule has 0 radical (unpaired) electrons. The normalized spacial score (nSPS) is 18.0. The van der Waals surface area contributed by atoms with Crippen LogP contribution in [0.15, 0.2) is 146 Å². The van der Waals surface area contributed by atoms with Crippen molar-refractivity contribution in [1.29, 1.82) is 0 Å². The van der Waals surface area contributed by atoms with Crippen molar-refractivity contribution in [3.05, 3.63) is 157 Å². The van der Waals surface area contributed by atoms with Gasteiger partial charge < -0.3 is 9.30 Å². The molecule has 0 saturated carbocycles. The minimum absolute atomic E-state index is 0.310. The molecule has 0 fully saturated rings. The molecule has 4 heterocycles. The molecule has 0 amide bonds. The lowest BCUT2D eigenvalue weighted by Gasteiger charge is -2.24. The minimum Gasteiger partial charge on any atom is -0.332 e. The van der Waals surface area contributed by atoms with E-state index in [9.17, 15) is 0 Å². The zero-order chi connectivity index (χ0) is 28.5. The lowest BCUT2D eigenvalue weighted by molar-refractivity contribution is 0.781. The maximum atomic E-state index is 2.59. The molecule has 3 aliphatic rings. The first-order valence-electron chi connectivity index (χ1n) is 15.5. The van der Waals surface area contributed by atoms with Gasteiger partial charge in [0.25, 0.3) is 0 Å². The Balaban J connectivity index is 1.12. The van der Waals surface area contributed by atoms with Gasteiger partial charge in [0.05, 0.1) is 22.6 Å². The molecular weight excluding hydrogens is 532 g/mol. The summed E-state index contributed by atoms with van der Waals surface area (Å²) in [5.74, 6) is 0.347. The van der Waals surface area contributed by atoms with Gasteiger partial charge in [-0.1, -0.05) is 115 Å². The monoisotopic (exact) mass is 558 g/mol. The van der Waals surface area contributed by atoms with Crippen LogP contribution in [0.4, 0.5) is 11.4 Å². The highest BCUT2D eigenvalue weighted by Gasteiger charge is 2.47. The number of rotatable bonds is 2. The predicted molar refractivity (Wildman–Crippen MR) is 184 cm³/mol. The highest BCUT2D eigenvalue weighted by Crippen LogP contribution is 2.58. The number of para-hydroxylation sites is 3. The van der Waals surface area contributed by atoms with E-state index >= 15 is 0 Å². The van der Waals surface area contributed by atoms with Crippen LogP contribution in [-0.2, 0) is 0 Å². The van der Waals surface area contributed by atoms with E-state index in [1.807, 2.05) is 0 Å². The highest BCUT2D eigenvalue weighted by molar-refractivity contribution is 6.25. The molecule has 8 aromatic rings. The Kier molecular flexibility index (Phi) is 4.20. The average molecular weight is 559 g/mol. The fraction of sp³-hybridized carbons (Fsp3) is 0.0476. The van der Waals surface area contributed by atoms with E-state index in [1.54, 1.807) is 0 Å². The molecule has 2 aromatic heterocycles. The van der Waals surface area contributed by atoms with Gasteiger partial charge in [-0.05, 0) is 58.2 Å². The standard InChI is InChI=1S/C42H26N2/c1-2-9-25(10-3-1)26-19-21-38-35(23-26)33-16-8-17-34-36-24-27(20-22-39(36)43(38)41(33)34)28-12-6-14-31-32-15-7-13-30-29-11-4-5-18-37(29)44(40(28)31)42(30)32/h1-24,33,41H. The summed E-state index contributed by atoms with van der Waals surface area (Å²) in [6.45, 7) is 0. The second kappa shape index (κ2) is 8.06. The molecule has 44 heavy (non-hydrogen) atoms. The zero-order valence-electron chi connectivity index (χ0n) is 23.9. The van der Waals surface area contributed by atoms with E-state index in [1.165, 1.54) is 88.4 Å². The molecule has 11 rings (SSSR count). The van der Waals surface area contributed by atoms with Gasteiger partial charge in [0.15, 0.2) is 0 Å². The number of anilines is 2. The molecule has 2 heteroatoms. The summed E-state index contributed by atoms with van der Waals surface area (Å²) in [7, 11) is 0. The number of allylic oxidation sites excluding steroid dienone is 2. The lowest BCUT2D eigenvalue weighted by Crippen LogP contribution is -2.25. The molecule has 2 nitrogen and oxygen atoms in total. The predicted octanol–water partition coefficient (Wildman–Crippen LogP) is 10.7. The largest absolute Gasteiger partial charge is 0.332 e. The van der Waals surface area contributed by atoms with Crippen LogP contribution in [0.5, 0.6) is 0 Å². The van der Waals surface area contributed by atoms with E-state index in [4.69, 9.17) is 0 Å². The Bertz CT molecular complexity index is 2560. The number of fused-ring (bicyclic) bond motifs is 12. The molecule has 2 aliphatic heterocycles. The highest BCUT2D eigenvalue weighted by atomic mass is 15.2. The van der Waals surface area contributed by atoms with E-state index in [-0.39, 0.29) is 0 Å². The first-order chi connectivity index (χ1) is 21.8. The Hall–Kier alpha value is -5.60. The van der Waals surface area contributed by atoms with Crippen molar-refractivity contribution in [2.45, 2.75) is 12.0 Å². The van der Waals surface area contributed by atoms with E-state index in [0.29, 0.717) is 12.0 Å². The average Bonchev–Trinajstić information content (AvgIpc) is 3.81. The minimum atomic E-state index is 0.310. The Labute approximate surface area is 254 Å². The van der Waals surface area contributed by atoms with Crippen LogP contribution >= 0.6 is 0 Å². The summed E-state index contributed by atoms with van der Waals surface area (Å²) >= 11 is 0. The molecule has 1 aliphatic carbocycles. The lowest BCUT2D eigenvalue weighted by atomic mass is 9.84. The van der Waals surface area contributed by atoms with E-state index < -0.39 is 0 Å². The molecule has 204 valence electrons. The van der Waals surface area contributed by atoms with Crippen LogP contribution in [0.3, 0.4) is 0 Å². The van der Waals surface area contributed by atoms with Crippen molar-refractivity contribution >= 4 is 55.0 Å². The maximum Gasteiger partial charge on any atom is 0.0702 e. The van der Waals surface area contributed by atoms with Crippen molar-refractivity contribution in [3.63, 3.8) is 0 Å². The van der Waals surface area contributed by atoms with Crippen LogP contribution in [0.1, 0.15) is 17.0 Å². The number of nitrogens with zero attached hydrogens (tertiary/aromatic N) is 2. The van der Waals surface area contributed by atoms with Gasteiger partial charge in [-0.3, -0.25) is 0 Å².